The predicted molar refractivity (Wildman–Crippen MR) is 116 cm³/mol. The molecule has 1 N–H and O–H groups in total. The lowest BCUT2D eigenvalue weighted by molar-refractivity contribution is -0.384. The van der Waals surface area contributed by atoms with Gasteiger partial charge < -0.3 is 4.74 Å². The van der Waals surface area contributed by atoms with Crippen molar-refractivity contribution in [1.82, 2.24) is 5.43 Å². The average Bonchev–Trinajstić information content (AvgIpc) is 2.58. The van der Waals surface area contributed by atoms with Gasteiger partial charge in [-0.3, -0.25) is 14.9 Å². The number of non-ortho nitro benzene ring substituents is 1. The second kappa shape index (κ2) is 9.26. The Balaban J connectivity index is 2.09. The molecule has 0 heterocycles. The first-order valence-corrected chi connectivity index (χ1v) is 9.67. The summed E-state index contributed by atoms with van der Waals surface area (Å²) in [4.78, 5) is 22.3. The molecule has 1 amide bonds. The summed E-state index contributed by atoms with van der Waals surface area (Å²) in [5.41, 5.74) is 3.19. The van der Waals surface area contributed by atoms with E-state index in [4.69, 9.17) is 4.74 Å². The van der Waals surface area contributed by atoms with Gasteiger partial charge in [0, 0.05) is 17.7 Å². The molecule has 0 radical (unpaired) electrons. The summed E-state index contributed by atoms with van der Waals surface area (Å²) < 4.78 is 7.66. The highest BCUT2D eigenvalue weighted by molar-refractivity contribution is 14.1. The number of ether oxygens (including phenoxy) is 1. The molecule has 0 aromatic heterocycles. The Bertz CT molecular complexity index is 846. The summed E-state index contributed by atoms with van der Waals surface area (Å²) >= 11 is 4.37. The highest BCUT2D eigenvalue weighted by Crippen LogP contribution is 2.29. The zero-order valence-electron chi connectivity index (χ0n) is 13.9. The van der Waals surface area contributed by atoms with Crippen molar-refractivity contribution in [3.05, 3.63) is 64.8 Å². The first-order chi connectivity index (χ1) is 12.3. The third kappa shape index (κ3) is 5.62. The number of hydrogen-bond donors (Lipinski definition) is 1. The van der Waals surface area contributed by atoms with Crippen LogP contribution in [0.4, 0.5) is 5.69 Å². The molecular formula is C17H15I2N3O4. The average molecular weight is 579 g/mol. The third-order valence-electron chi connectivity index (χ3n) is 3.07. The molecule has 0 saturated carbocycles. The lowest BCUT2D eigenvalue weighted by atomic mass is 10.2. The van der Waals surface area contributed by atoms with Gasteiger partial charge in [-0.25, -0.2) is 5.43 Å². The van der Waals surface area contributed by atoms with E-state index in [9.17, 15) is 14.9 Å². The maximum Gasteiger partial charge on any atom is 0.271 e. The van der Waals surface area contributed by atoms with Crippen LogP contribution in [0.3, 0.4) is 0 Å². The lowest BCUT2D eigenvalue weighted by Gasteiger charge is -2.14. The number of carbonyl (C=O) groups is 1. The Labute approximate surface area is 177 Å². The van der Waals surface area contributed by atoms with Crippen LogP contribution in [0.25, 0.3) is 0 Å². The molecule has 0 unspecified atom stereocenters. The zero-order chi connectivity index (χ0) is 19.3. The number of hydrogen-bond acceptors (Lipinski definition) is 5. The number of nitrogens with one attached hydrogen (secondary N) is 1. The van der Waals surface area contributed by atoms with E-state index in [1.165, 1.54) is 30.5 Å². The predicted octanol–water partition coefficient (Wildman–Crippen LogP) is 4.36. The van der Waals surface area contributed by atoms with E-state index >= 15 is 0 Å². The maximum absolute atomic E-state index is 12.0. The highest BCUT2D eigenvalue weighted by Gasteiger charge is 2.12. The number of benzene rings is 2. The lowest BCUT2D eigenvalue weighted by Crippen LogP contribution is -2.17. The van der Waals surface area contributed by atoms with E-state index in [0.717, 1.165) is 18.5 Å². The quantitative estimate of drug-likeness (QED) is 0.239. The summed E-state index contributed by atoms with van der Waals surface area (Å²) in [7, 11) is 0. The van der Waals surface area contributed by atoms with Crippen LogP contribution < -0.4 is 10.2 Å². The van der Waals surface area contributed by atoms with Crippen molar-refractivity contribution < 1.29 is 14.5 Å². The Hall–Kier alpha value is -1.76. The summed E-state index contributed by atoms with van der Waals surface area (Å²) in [5, 5.41) is 14.7. The number of nitrogens with zero attached hydrogens (tertiary/aromatic N) is 2. The Morgan fingerprint density at radius 2 is 1.92 bits per heavy atom. The molecule has 0 saturated heterocycles. The number of amides is 1. The second-order valence-electron chi connectivity index (χ2n) is 5.49. The van der Waals surface area contributed by atoms with Crippen molar-refractivity contribution in [2.45, 2.75) is 20.0 Å². The minimum atomic E-state index is -0.551. The number of carbonyl (C=O) groups excluding carboxylic acids is 1. The molecule has 2 aromatic rings. The van der Waals surface area contributed by atoms with Crippen LogP contribution in [0.15, 0.2) is 41.5 Å². The van der Waals surface area contributed by atoms with Gasteiger partial charge in [0.1, 0.15) is 5.75 Å². The van der Waals surface area contributed by atoms with Gasteiger partial charge in [0.05, 0.1) is 24.4 Å². The molecule has 7 nitrogen and oxygen atoms in total. The number of nitro groups is 1. The topological polar surface area (TPSA) is 93.8 Å². The van der Waals surface area contributed by atoms with Crippen LogP contribution in [0.2, 0.25) is 0 Å². The third-order valence-corrected chi connectivity index (χ3v) is 4.68. The van der Waals surface area contributed by atoms with Crippen molar-refractivity contribution in [2.75, 3.05) is 0 Å². The molecule has 2 rings (SSSR count). The van der Waals surface area contributed by atoms with Gasteiger partial charge in [-0.2, -0.15) is 5.10 Å². The van der Waals surface area contributed by atoms with Gasteiger partial charge in [0.2, 0.25) is 0 Å². The van der Waals surface area contributed by atoms with Crippen LogP contribution in [-0.4, -0.2) is 23.1 Å². The fourth-order valence-electron chi connectivity index (χ4n) is 1.99. The van der Waals surface area contributed by atoms with E-state index in [0.29, 0.717) is 0 Å². The molecule has 0 aliphatic heterocycles. The maximum atomic E-state index is 12.0. The fourth-order valence-corrected chi connectivity index (χ4v) is 4.06. The van der Waals surface area contributed by atoms with Crippen molar-refractivity contribution in [3.8, 4) is 5.75 Å². The molecule has 136 valence electrons. The molecule has 0 bridgehead atoms. The van der Waals surface area contributed by atoms with Gasteiger partial charge in [-0.15, -0.1) is 0 Å². The molecule has 0 atom stereocenters. The molecule has 2 aromatic carbocycles. The molecule has 26 heavy (non-hydrogen) atoms. The standard InChI is InChI=1S/C17H15I2N3O4/c1-10(2)26-16-14(18)6-11(7-15(16)19)9-20-21-17(23)12-4-3-5-13(8-12)22(24)25/h3-10H,1-2H3,(H,21,23)/b20-9-. The van der Waals surface area contributed by atoms with Gasteiger partial charge in [0.25, 0.3) is 11.6 Å². The number of hydrazone groups is 1. The van der Waals surface area contributed by atoms with Gasteiger partial charge in [-0.1, -0.05) is 6.07 Å². The minimum Gasteiger partial charge on any atom is -0.489 e. The largest absolute Gasteiger partial charge is 0.489 e. The smallest absolute Gasteiger partial charge is 0.271 e. The molecule has 9 heteroatoms. The van der Waals surface area contributed by atoms with Crippen LogP contribution in [-0.2, 0) is 0 Å². The van der Waals surface area contributed by atoms with Crippen LogP contribution >= 0.6 is 45.2 Å². The summed E-state index contributed by atoms with van der Waals surface area (Å²) in [6.45, 7) is 3.93. The van der Waals surface area contributed by atoms with E-state index in [2.05, 4.69) is 55.7 Å². The van der Waals surface area contributed by atoms with E-state index in [1.807, 2.05) is 26.0 Å². The first kappa shape index (κ1) is 20.6. The summed E-state index contributed by atoms with van der Waals surface area (Å²) in [5.74, 6) is 0.299. The van der Waals surface area contributed by atoms with Crippen molar-refractivity contribution in [2.24, 2.45) is 5.10 Å². The molecule has 0 aliphatic rings. The van der Waals surface area contributed by atoms with Crippen LogP contribution in [0.1, 0.15) is 29.8 Å². The Morgan fingerprint density at radius 1 is 1.27 bits per heavy atom. The van der Waals surface area contributed by atoms with Gasteiger partial charge in [-0.05, 0) is 82.8 Å². The number of nitro benzene ring substituents is 1. The van der Waals surface area contributed by atoms with Crippen molar-refractivity contribution >= 4 is 63.0 Å². The fraction of sp³-hybridized carbons (Fsp3) is 0.176. The molecular weight excluding hydrogens is 564 g/mol. The van der Waals surface area contributed by atoms with Crippen LogP contribution in [0.5, 0.6) is 5.75 Å². The van der Waals surface area contributed by atoms with E-state index in [1.54, 1.807) is 0 Å². The molecule has 0 aliphatic carbocycles. The monoisotopic (exact) mass is 579 g/mol. The number of halogens is 2. The van der Waals surface area contributed by atoms with Crippen LogP contribution in [0, 0.1) is 17.3 Å². The number of rotatable bonds is 6. The zero-order valence-corrected chi connectivity index (χ0v) is 18.2. The molecule has 0 fully saturated rings. The van der Waals surface area contributed by atoms with Gasteiger partial charge in [0.15, 0.2) is 0 Å². The van der Waals surface area contributed by atoms with E-state index < -0.39 is 10.8 Å². The van der Waals surface area contributed by atoms with E-state index in [-0.39, 0.29) is 17.4 Å². The first-order valence-electron chi connectivity index (χ1n) is 7.51. The van der Waals surface area contributed by atoms with Crippen molar-refractivity contribution in [3.63, 3.8) is 0 Å². The summed E-state index contributed by atoms with van der Waals surface area (Å²) in [6.07, 6.45) is 1.59. The van der Waals surface area contributed by atoms with Gasteiger partial charge >= 0.3 is 0 Å². The minimum absolute atomic E-state index is 0.0748. The highest BCUT2D eigenvalue weighted by atomic mass is 127. The second-order valence-corrected chi connectivity index (χ2v) is 7.81. The Morgan fingerprint density at radius 3 is 2.50 bits per heavy atom. The molecule has 0 spiro atoms. The SMILES string of the molecule is CC(C)Oc1c(I)cc(/C=N\NC(=O)c2cccc([N+](=O)[O-])c2)cc1I. The Kier molecular flexibility index (Phi) is 7.32. The normalized spacial score (nSPS) is 11.0. The summed E-state index contributed by atoms with van der Waals surface area (Å²) in [6, 6.07) is 9.25. The van der Waals surface area contributed by atoms with Crippen molar-refractivity contribution in [1.29, 1.82) is 0 Å².